The van der Waals surface area contributed by atoms with E-state index in [-0.39, 0.29) is 11.5 Å². The molecule has 1 aliphatic carbocycles. The molecule has 1 fully saturated rings. The van der Waals surface area contributed by atoms with E-state index in [4.69, 9.17) is 0 Å². The van der Waals surface area contributed by atoms with Crippen LogP contribution in [0.2, 0.25) is 0 Å². The van der Waals surface area contributed by atoms with Crippen molar-refractivity contribution in [3.8, 4) is 0 Å². The summed E-state index contributed by atoms with van der Waals surface area (Å²) in [6, 6.07) is 0.0688. The molecule has 0 amide bonds. The van der Waals surface area contributed by atoms with E-state index in [1.54, 1.807) is 0 Å². The summed E-state index contributed by atoms with van der Waals surface area (Å²) < 4.78 is 0. The first-order valence-electron chi connectivity index (χ1n) is 6.17. The van der Waals surface area contributed by atoms with Crippen molar-refractivity contribution >= 4 is 0 Å². The van der Waals surface area contributed by atoms with Crippen molar-refractivity contribution in [2.45, 2.75) is 54.0 Å². The number of hydrogen-bond acceptors (Lipinski definition) is 2. The monoisotopic (exact) mass is 211 g/mol. The molecular formula is C13H25NO. The molecule has 0 saturated heterocycles. The second-order valence-electron chi connectivity index (χ2n) is 6.13. The summed E-state index contributed by atoms with van der Waals surface area (Å²) in [6.07, 6.45) is 1.14. The second-order valence-corrected chi connectivity index (χ2v) is 6.13. The molecule has 2 nitrogen and oxygen atoms in total. The SMILES string of the molecule is CC(C)C(C)C(C)CC1(C)C(C)C1N=O. The molecule has 5 unspecified atom stereocenters. The highest BCUT2D eigenvalue weighted by atomic mass is 16.3. The van der Waals surface area contributed by atoms with E-state index < -0.39 is 0 Å². The molecule has 1 aliphatic rings. The highest BCUT2D eigenvalue weighted by Crippen LogP contribution is 2.58. The molecule has 0 heterocycles. The fourth-order valence-electron chi connectivity index (χ4n) is 2.82. The minimum Gasteiger partial charge on any atom is -0.150 e. The van der Waals surface area contributed by atoms with E-state index in [2.05, 4.69) is 46.7 Å². The Hall–Kier alpha value is -0.400. The van der Waals surface area contributed by atoms with Crippen molar-refractivity contribution < 1.29 is 0 Å². The smallest absolute Gasteiger partial charge is 0.101 e. The Bertz CT molecular complexity index is 239. The Kier molecular flexibility index (Phi) is 3.57. The van der Waals surface area contributed by atoms with Gasteiger partial charge in [-0.25, -0.2) is 0 Å². The number of rotatable bonds is 5. The summed E-state index contributed by atoms with van der Waals surface area (Å²) in [4.78, 5) is 10.6. The van der Waals surface area contributed by atoms with Crippen LogP contribution in [-0.2, 0) is 0 Å². The molecule has 5 atom stereocenters. The zero-order valence-electron chi connectivity index (χ0n) is 10.9. The first-order chi connectivity index (χ1) is 6.84. The Morgan fingerprint density at radius 3 is 2.13 bits per heavy atom. The number of nitroso groups, excluding NO2 is 1. The van der Waals surface area contributed by atoms with Gasteiger partial charge in [-0.1, -0.05) is 46.7 Å². The summed E-state index contributed by atoms with van der Waals surface area (Å²) in [5, 5.41) is 3.24. The molecular weight excluding hydrogens is 186 g/mol. The van der Waals surface area contributed by atoms with Gasteiger partial charge in [0.2, 0.25) is 0 Å². The van der Waals surface area contributed by atoms with Gasteiger partial charge in [0.15, 0.2) is 0 Å². The van der Waals surface area contributed by atoms with Gasteiger partial charge in [-0.2, -0.15) is 4.91 Å². The van der Waals surface area contributed by atoms with Gasteiger partial charge in [0.25, 0.3) is 0 Å². The van der Waals surface area contributed by atoms with Gasteiger partial charge in [-0.05, 0) is 35.5 Å². The average molecular weight is 211 g/mol. The van der Waals surface area contributed by atoms with E-state index in [1.807, 2.05) is 0 Å². The fourth-order valence-corrected chi connectivity index (χ4v) is 2.82. The van der Waals surface area contributed by atoms with Crippen LogP contribution in [0.4, 0.5) is 0 Å². The second kappa shape index (κ2) is 4.23. The van der Waals surface area contributed by atoms with Crippen molar-refractivity contribution in [1.82, 2.24) is 0 Å². The third-order valence-electron chi connectivity index (χ3n) is 4.90. The topological polar surface area (TPSA) is 29.4 Å². The van der Waals surface area contributed by atoms with Gasteiger partial charge in [-0.15, -0.1) is 0 Å². The van der Waals surface area contributed by atoms with Crippen LogP contribution in [0.25, 0.3) is 0 Å². The minimum atomic E-state index is 0.0688. The highest BCUT2D eigenvalue weighted by molar-refractivity contribution is 5.11. The summed E-state index contributed by atoms with van der Waals surface area (Å²) in [5.41, 5.74) is 0.185. The fraction of sp³-hybridized carbons (Fsp3) is 1.00. The lowest BCUT2D eigenvalue weighted by Gasteiger charge is -2.26. The average Bonchev–Trinajstić information content (AvgIpc) is 2.66. The number of nitrogens with zero attached hydrogens (tertiary/aromatic N) is 1. The third kappa shape index (κ3) is 2.24. The lowest BCUT2D eigenvalue weighted by Crippen LogP contribution is -2.18. The van der Waals surface area contributed by atoms with E-state index >= 15 is 0 Å². The largest absolute Gasteiger partial charge is 0.150 e. The molecule has 88 valence electrons. The van der Waals surface area contributed by atoms with Crippen LogP contribution in [0, 0.1) is 34.0 Å². The molecule has 0 spiro atoms. The maximum absolute atomic E-state index is 10.6. The molecule has 0 aromatic rings. The molecule has 1 rings (SSSR count). The van der Waals surface area contributed by atoms with Crippen LogP contribution in [0.3, 0.4) is 0 Å². The summed E-state index contributed by atoms with van der Waals surface area (Å²) in [5.74, 6) is 2.61. The van der Waals surface area contributed by atoms with Crippen LogP contribution in [0.1, 0.15) is 48.0 Å². The van der Waals surface area contributed by atoms with Crippen molar-refractivity contribution in [3.63, 3.8) is 0 Å². The van der Waals surface area contributed by atoms with E-state index in [9.17, 15) is 4.91 Å². The van der Waals surface area contributed by atoms with Crippen molar-refractivity contribution in [2.24, 2.45) is 34.3 Å². The molecule has 2 heteroatoms. The summed E-state index contributed by atoms with van der Waals surface area (Å²) >= 11 is 0. The molecule has 0 bridgehead atoms. The Morgan fingerprint density at radius 1 is 1.27 bits per heavy atom. The van der Waals surface area contributed by atoms with E-state index in [0.29, 0.717) is 11.8 Å². The van der Waals surface area contributed by atoms with Gasteiger partial charge >= 0.3 is 0 Å². The first-order valence-corrected chi connectivity index (χ1v) is 6.17. The zero-order chi connectivity index (χ0) is 11.8. The third-order valence-corrected chi connectivity index (χ3v) is 4.90. The maximum atomic E-state index is 10.6. The van der Waals surface area contributed by atoms with Crippen molar-refractivity contribution in [1.29, 1.82) is 0 Å². The predicted octanol–water partition coefficient (Wildman–Crippen LogP) is 4.10. The van der Waals surface area contributed by atoms with Gasteiger partial charge in [-0.3, -0.25) is 0 Å². The van der Waals surface area contributed by atoms with E-state index in [1.165, 1.54) is 0 Å². The van der Waals surface area contributed by atoms with Gasteiger partial charge in [0, 0.05) is 0 Å². The maximum Gasteiger partial charge on any atom is 0.101 e. The van der Waals surface area contributed by atoms with Gasteiger partial charge < -0.3 is 0 Å². The standard InChI is InChI=1S/C13H25NO/c1-8(2)10(4)9(3)7-13(6)11(5)12(13)14-15/h8-12H,7H2,1-6H3. The molecule has 0 radical (unpaired) electrons. The molecule has 0 aromatic carbocycles. The quantitative estimate of drug-likeness (QED) is 0.630. The summed E-state index contributed by atoms with van der Waals surface area (Å²) in [6.45, 7) is 13.5. The molecule has 0 aromatic heterocycles. The number of hydrogen-bond donors (Lipinski definition) is 0. The predicted molar refractivity (Wildman–Crippen MR) is 64.6 cm³/mol. The molecule has 1 saturated carbocycles. The van der Waals surface area contributed by atoms with Crippen LogP contribution < -0.4 is 0 Å². The molecule has 0 N–H and O–H groups in total. The van der Waals surface area contributed by atoms with Crippen LogP contribution in [-0.4, -0.2) is 6.04 Å². The lowest BCUT2D eigenvalue weighted by molar-refractivity contribution is 0.236. The first kappa shape index (κ1) is 12.7. The Labute approximate surface area is 93.8 Å². The highest BCUT2D eigenvalue weighted by Gasteiger charge is 2.60. The van der Waals surface area contributed by atoms with Gasteiger partial charge in [0.1, 0.15) is 6.04 Å². The Balaban J connectivity index is 2.53. The lowest BCUT2D eigenvalue weighted by atomic mass is 9.79. The van der Waals surface area contributed by atoms with Crippen LogP contribution in [0.15, 0.2) is 5.18 Å². The molecule has 15 heavy (non-hydrogen) atoms. The zero-order valence-corrected chi connectivity index (χ0v) is 10.9. The Morgan fingerprint density at radius 2 is 1.80 bits per heavy atom. The van der Waals surface area contributed by atoms with Crippen molar-refractivity contribution in [3.05, 3.63) is 4.91 Å². The van der Waals surface area contributed by atoms with Crippen molar-refractivity contribution in [2.75, 3.05) is 0 Å². The van der Waals surface area contributed by atoms with Crippen LogP contribution >= 0.6 is 0 Å². The van der Waals surface area contributed by atoms with Gasteiger partial charge in [0.05, 0.1) is 0 Å². The molecule has 0 aliphatic heterocycles. The normalized spacial score (nSPS) is 38.9. The van der Waals surface area contributed by atoms with E-state index in [0.717, 1.165) is 18.3 Å². The van der Waals surface area contributed by atoms with Crippen LogP contribution in [0.5, 0.6) is 0 Å². The minimum absolute atomic E-state index is 0.0688. The summed E-state index contributed by atoms with van der Waals surface area (Å²) in [7, 11) is 0.